The molecule has 0 atom stereocenters. The first-order chi connectivity index (χ1) is 11.2. The van der Waals surface area contributed by atoms with Crippen LogP contribution in [0.15, 0.2) is 0 Å². The van der Waals surface area contributed by atoms with Crippen molar-refractivity contribution in [2.45, 2.75) is 52.6 Å². The Balaban J connectivity index is 1.57. The van der Waals surface area contributed by atoms with Gasteiger partial charge in [0.15, 0.2) is 0 Å². The summed E-state index contributed by atoms with van der Waals surface area (Å²) < 4.78 is 11.2. The highest BCUT2D eigenvalue weighted by Crippen LogP contribution is 2.32. The minimum absolute atomic E-state index is 0.362. The number of ether oxygens (including phenoxy) is 2. The van der Waals surface area contributed by atoms with Crippen LogP contribution in [-0.4, -0.2) is 75.0 Å². The van der Waals surface area contributed by atoms with Gasteiger partial charge in [0.1, 0.15) is 0 Å². The first-order valence-corrected chi connectivity index (χ1v) is 9.83. The van der Waals surface area contributed by atoms with E-state index in [0.29, 0.717) is 6.10 Å². The normalized spacial score (nSPS) is 23.0. The van der Waals surface area contributed by atoms with Crippen molar-refractivity contribution in [2.24, 2.45) is 11.8 Å². The van der Waals surface area contributed by atoms with Gasteiger partial charge in [-0.05, 0) is 84.5 Å². The monoisotopic (exact) mass is 326 g/mol. The summed E-state index contributed by atoms with van der Waals surface area (Å²) in [5.41, 5.74) is 0. The van der Waals surface area contributed by atoms with Crippen LogP contribution >= 0.6 is 0 Å². The molecule has 0 amide bonds. The summed E-state index contributed by atoms with van der Waals surface area (Å²) in [4.78, 5) is 5.18. The van der Waals surface area contributed by atoms with Crippen molar-refractivity contribution in [1.29, 1.82) is 0 Å². The van der Waals surface area contributed by atoms with Crippen LogP contribution < -0.4 is 0 Å². The van der Waals surface area contributed by atoms with Gasteiger partial charge in [-0.15, -0.1) is 0 Å². The SMILES string of the molecule is CCOCCN1CCC(C2CCN(CCOC(C)C)CC2)CC1. The number of rotatable bonds is 9. The van der Waals surface area contributed by atoms with Gasteiger partial charge in [0.2, 0.25) is 0 Å². The highest BCUT2D eigenvalue weighted by molar-refractivity contribution is 4.82. The molecule has 0 spiro atoms. The molecule has 2 fully saturated rings. The predicted molar refractivity (Wildman–Crippen MR) is 95.9 cm³/mol. The van der Waals surface area contributed by atoms with Crippen LogP contribution in [0.4, 0.5) is 0 Å². The van der Waals surface area contributed by atoms with Crippen LogP contribution in [0.5, 0.6) is 0 Å². The molecule has 136 valence electrons. The summed E-state index contributed by atoms with van der Waals surface area (Å²) in [6, 6.07) is 0. The molecule has 0 saturated carbocycles. The molecular formula is C19H38N2O2. The maximum Gasteiger partial charge on any atom is 0.0596 e. The molecule has 0 radical (unpaired) electrons. The van der Waals surface area contributed by atoms with Crippen LogP contribution in [0.2, 0.25) is 0 Å². The maximum atomic E-state index is 5.68. The molecule has 0 aromatic heterocycles. The van der Waals surface area contributed by atoms with Gasteiger partial charge >= 0.3 is 0 Å². The Morgan fingerprint density at radius 1 is 0.826 bits per heavy atom. The van der Waals surface area contributed by atoms with Crippen LogP contribution in [0.1, 0.15) is 46.5 Å². The van der Waals surface area contributed by atoms with Crippen molar-refractivity contribution in [2.75, 3.05) is 59.1 Å². The molecule has 2 rings (SSSR count). The van der Waals surface area contributed by atoms with E-state index < -0.39 is 0 Å². The second-order valence-electron chi connectivity index (χ2n) is 7.47. The minimum atomic E-state index is 0.362. The third-order valence-electron chi connectivity index (χ3n) is 5.55. The molecule has 23 heavy (non-hydrogen) atoms. The zero-order valence-corrected chi connectivity index (χ0v) is 15.6. The van der Waals surface area contributed by atoms with Crippen molar-refractivity contribution in [1.82, 2.24) is 9.80 Å². The molecule has 4 heteroatoms. The quantitative estimate of drug-likeness (QED) is 0.608. The molecule has 0 bridgehead atoms. The van der Waals surface area contributed by atoms with Crippen molar-refractivity contribution in [3.05, 3.63) is 0 Å². The lowest BCUT2D eigenvalue weighted by molar-refractivity contribution is 0.0397. The van der Waals surface area contributed by atoms with Crippen LogP contribution in [0.25, 0.3) is 0 Å². The van der Waals surface area contributed by atoms with E-state index in [1.807, 2.05) is 0 Å². The first kappa shape index (κ1) is 19.2. The molecule has 2 heterocycles. The lowest BCUT2D eigenvalue weighted by Gasteiger charge is -2.40. The molecule has 0 unspecified atom stereocenters. The molecule has 2 saturated heterocycles. The fraction of sp³-hybridized carbons (Fsp3) is 1.00. The van der Waals surface area contributed by atoms with E-state index in [-0.39, 0.29) is 0 Å². The van der Waals surface area contributed by atoms with Gasteiger partial charge in [0, 0.05) is 19.7 Å². The van der Waals surface area contributed by atoms with E-state index in [4.69, 9.17) is 9.47 Å². The summed E-state index contributed by atoms with van der Waals surface area (Å²) in [6.07, 6.45) is 5.94. The summed E-state index contributed by atoms with van der Waals surface area (Å²) >= 11 is 0. The standard InChI is InChI=1S/C19H38N2O2/c1-4-22-15-13-20-9-5-18(6-10-20)19-7-11-21(12-8-19)14-16-23-17(2)3/h17-19H,4-16H2,1-3H3. The van der Waals surface area contributed by atoms with Gasteiger partial charge in [-0.1, -0.05) is 0 Å². The summed E-state index contributed by atoms with van der Waals surface area (Å²) in [7, 11) is 0. The average molecular weight is 327 g/mol. The van der Waals surface area contributed by atoms with E-state index >= 15 is 0 Å². The molecule has 2 aliphatic heterocycles. The average Bonchev–Trinajstić information content (AvgIpc) is 2.56. The lowest BCUT2D eigenvalue weighted by atomic mass is 9.79. The zero-order chi connectivity index (χ0) is 16.5. The molecular weight excluding hydrogens is 288 g/mol. The fourth-order valence-electron chi connectivity index (χ4n) is 4.05. The van der Waals surface area contributed by atoms with E-state index in [0.717, 1.165) is 44.7 Å². The van der Waals surface area contributed by atoms with Crippen molar-refractivity contribution >= 4 is 0 Å². The number of nitrogens with zero attached hydrogens (tertiary/aromatic N) is 2. The van der Waals surface area contributed by atoms with Gasteiger partial charge in [0.25, 0.3) is 0 Å². The Hall–Kier alpha value is -0.160. The Kier molecular flexibility index (Phi) is 8.88. The molecule has 4 nitrogen and oxygen atoms in total. The number of hydrogen-bond acceptors (Lipinski definition) is 4. The molecule has 2 aliphatic rings. The smallest absolute Gasteiger partial charge is 0.0596 e. The second kappa shape index (κ2) is 10.7. The Labute approximate surface area is 143 Å². The number of likely N-dealkylation sites (tertiary alicyclic amines) is 2. The van der Waals surface area contributed by atoms with E-state index in [1.165, 1.54) is 51.9 Å². The number of piperidine rings is 2. The summed E-state index contributed by atoms with van der Waals surface area (Å²) in [6.45, 7) is 16.3. The van der Waals surface area contributed by atoms with Gasteiger partial charge in [-0.25, -0.2) is 0 Å². The van der Waals surface area contributed by atoms with Gasteiger partial charge in [-0.3, -0.25) is 0 Å². The second-order valence-corrected chi connectivity index (χ2v) is 7.47. The van der Waals surface area contributed by atoms with Crippen molar-refractivity contribution in [3.8, 4) is 0 Å². The number of hydrogen-bond donors (Lipinski definition) is 0. The molecule has 0 N–H and O–H groups in total. The maximum absolute atomic E-state index is 5.68. The molecule has 0 aromatic carbocycles. The Morgan fingerprint density at radius 3 is 1.74 bits per heavy atom. The topological polar surface area (TPSA) is 24.9 Å². The third-order valence-corrected chi connectivity index (χ3v) is 5.55. The highest BCUT2D eigenvalue weighted by atomic mass is 16.5. The van der Waals surface area contributed by atoms with E-state index in [2.05, 4.69) is 30.6 Å². The van der Waals surface area contributed by atoms with E-state index in [9.17, 15) is 0 Å². The van der Waals surface area contributed by atoms with Gasteiger partial charge in [-0.2, -0.15) is 0 Å². The highest BCUT2D eigenvalue weighted by Gasteiger charge is 2.29. The summed E-state index contributed by atoms with van der Waals surface area (Å²) in [5, 5.41) is 0. The first-order valence-electron chi connectivity index (χ1n) is 9.83. The predicted octanol–water partition coefficient (Wildman–Crippen LogP) is 2.87. The zero-order valence-electron chi connectivity index (χ0n) is 15.6. The Morgan fingerprint density at radius 2 is 1.30 bits per heavy atom. The summed E-state index contributed by atoms with van der Waals surface area (Å²) in [5.74, 6) is 1.93. The van der Waals surface area contributed by atoms with Crippen LogP contribution in [0, 0.1) is 11.8 Å². The van der Waals surface area contributed by atoms with Crippen molar-refractivity contribution in [3.63, 3.8) is 0 Å². The molecule has 0 aliphatic carbocycles. The third kappa shape index (κ3) is 7.08. The molecule has 0 aromatic rings. The van der Waals surface area contributed by atoms with Crippen LogP contribution in [-0.2, 0) is 9.47 Å². The fourth-order valence-corrected chi connectivity index (χ4v) is 4.05. The van der Waals surface area contributed by atoms with E-state index in [1.54, 1.807) is 0 Å². The minimum Gasteiger partial charge on any atom is -0.380 e. The van der Waals surface area contributed by atoms with Gasteiger partial charge < -0.3 is 19.3 Å². The largest absolute Gasteiger partial charge is 0.380 e. The Bertz CT molecular complexity index is 296. The van der Waals surface area contributed by atoms with Gasteiger partial charge in [0.05, 0.1) is 19.3 Å². The van der Waals surface area contributed by atoms with Crippen LogP contribution in [0.3, 0.4) is 0 Å². The lowest BCUT2D eigenvalue weighted by Crippen LogP contribution is -2.42. The van der Waals surface area contributed by atoms with Crippen molar-refractivity contribution < 1.29 is 9.47 Å².